The van der Waals surface area contributed by atoms with Crippen LogP contribution >= 0.6 is 0 Å². The highest BCUT2D eigenvalue weighted by molar-refractivity contribution is 7.79. The van der Waals surface area contributed by atoms with Crippen LogP contribution < -0.4 is 39.0 Å². The highest BCUT2D eigenvalue weighted by Crippen LogP contribution is 2.27. The molecule has 0 amide bonds. The lowest BCUT2D eigenvalue weighted by Gasteiger charge is -2.04. The van der Waals surface area contributed by atoms with Crippen molar-refractivity contribution in [1.29, 1.82) is 5.39 Å². The summed E-state index contributed by atoms with van der Waals surface area (Å²) < 4.78 is 405. The Hall–Kier alpha value is -13.5. The SMILES string of the molecule is NNO.O=S(=O)(O)O.ONOO.[2H]c1nc2c(N)c([2H])c([2H])c([2H])c2c([2H])c1[2H].[2H]c1nc2c(O)c([2H])c([2H])c([2H])c2c([2H])c1[2H].[2H]c1nc2c([2H])c([2H])c([2H])c([2H])c2c([2H])c1[2H].[2H]c1nc2c([2H])c([2H])c([2H])c([N+](=O)[O-])c2c([2H])c1[2H].[2H]c1nc2c([N+]#N)c([2H])c([2H])c([2H])c2c([2H])c1[2H].[2H]c1nc2c([N+](=O)[O-])c([2H])c([2H])c([2H])c2c([2H])c1[2H].[2H]c1nc2c([N+](=O)[O-])c([2H])c([2H])c([2H])c2c([2H])c1[2H].[2H]c1nc2c([O][AlH])c([2H])c([2H])c([2H])c2c([2H])c1[2H].[Cl-]. The van der Waals surface area contributed by atoms with Gasteiger partial charge in [-0.25, -0.2) is 26.1 Å². The summed E-state index contributed by atoms with van der Waals surface area (Å²) in [6.45, 7) is 0. The van der Waals surface area contributed by atoms with Crippen molar-refractivity contribution in [2.45, 2.75) is 0 Å². The standard InChI is InChI=1S/C9H6N3.3C9H6N2O2.C9H8N2.2C9H7NO.C9H7N.Al.ClH.H4N2O.H3NO3.H2O4S.H/c10-12-8-5-1-3-7-4-2-6-11-9(7)8;12-11(13)9-5-1-4-8-7(9)3-2-6-10-8;2*12-11(13)8-5-1-3-7-4-2-6-10-9(7)8;10-8-5-1-3-7-4-2-6-11-9(7)8;2*11-8-5-1-3-7-4-2-6-10-9(7)8;1-2-6-9-8(4-1)5-3-7-10-9;;;1-2-3;2-1-4-3;1-5(2,3)4;/h1-6H;3*1-6H;1-6H,10H2;2*1-6,11H;1-7H;;1H;2-3H,1H2;1-3H;(H2,1,2,3,4);/q+1;;;;;;;;+1;;;;;/p-2/i7*1D,2D,3D,4D,5D,6D;1D,2D,3D,4D,5D,6D,7D;;;;;;. The lowest BCUT2D eigenvalue weighted by molar-refractivity contribution is -0.383. The fourth-order valence-electron chi connectivity index (χ4n) is 6.60. The number of hydrazine groups is 1. The van der Waals surface area contributed by atoms with Crippen molar-refractivity contribution in [2.75, 3.05) is 5.73 Å². The van der Waals surface area contributed by atoms with Crippen LogP contribution in [0.1, 0.15) is 67.2 Å². The zero-order valence-electron chi connectivity index (χ0n) is 101. The molecule has 0 saturated carbocycles. The molecule has 0 fully saturated rings. The summed E-state index contributed by atoms with van der Waals surface area (Å²) in [4.78, 5) is 64.7. The number of phenols is 1. The summed E-state index contributed by atoms with van der Waals surface area (Å²) >= 11 is 1.09. The van der Waals surface area contributed by atoms with Crippen LogP contribution in [0.2, 0.25) is 0 Å². The van der Waals surface area contributed by atoms with Gasteiger partial charge in [-0.3, -0.25) is 69.6 Å². The molecule has 0 spiro atoms. The van der Waals surface area contributed by atoms with E-state index in [1.807, 2.05) is 0 Å². The molecule has 36 heteroatoms. The van der Waals surface area contributed by atoms with E-state index in [1.54, 1.807) is 0 Å². The molecule has 0 saturated heterocycles. The van der Waals surface area contributed by atoms with Crippen LogP contribution in [0.15, 0.2) is 297 Å². The maximum atomic E-state index is 11.0. The van der Waals surface area contributed by atoms with Crippen LogP contribution in [-0.4, -0.2) is 110 Å². The summed E-state index contributed by atoms with van der Waals surface area (Å²) in [5, 5.41) is 70.9. The van der Waals surface area contributed by atoms with Gasteiger partial charge in [-0.05, 0) is 90.2 Å². The maximum Gasteiger partial charge on any atom is 0.494 e. The molecule has 108 heavy (non-hydrogen) atoms. The fraction of sp³-hybridized carbons (Fsp3) is 0. The second-order valence-electron chi connectivity index (χ2n) is 17.0. The molecule has 1 radical (unpaired) electrons. The Morgan fingerprint density at radius 2 is 0.759 bits per heavy atom. The van der Waals surface area contributed by atoms with Crippen molar-refractivity contribution in [1.82, 2.24) is 51.1 Å². The number of halogens is 1. The second-order valence-corrected chi connectivity index (χ2v) is 18.1. The second kappa shape index (κ2) is 45.5. The van der Waals surface area contributed by atoms with Crippen molar-refractivity contribution in [2.24, 2.45) is 5.84 Å². The van der Waals surface area contributed by atoms with Crippen LogP contribution in [0.25, 0.3) is 92.2 Å². The third-order valence-electron chi connectivity index (χ3n) is 10.6. The molecule has 0 aliphatic rings. The van der Waals surface area contributed by atoms with Crippen molar-refractivity contribution in [3.63, 3.8) is 0 Å². The molecule has 0 aliphatic carbocycles. The number of rotatable bonds is 5. The van der Waals surface area contributed by atoms with E-state index in [0.29, 0.717) is 0 Å². The van der Waals surface area contributed by atoms with Gasteiger partial charge in [0, 0.05) is 111 Å². The summed E-state index contributed by atoms with van der Waals surface area (Å²) in [5.41, 5.74) is 2.95. The number of phenolic OH excluding ortho intramolecular Hbond substituents is 1. The first kappa shape index (κ1) is 38.0. The minimum Gasteiger partial charge on any atom is -1.00 e. The van der Waals surface area contributed by atoms with Gasteiger partial charge < -0.3 is 32.2 Å². The third kappa shape index (κ3) is 27.3. The van der Waals surface area contributed by atoms with Gasteiger partial charge >= 0.3 is 32.7 Å². The van der Waals surface area contributed by atoms with Gasteiger partial charge in [0.05, 0.1) is 110 Å². The number of nitrogen functional groups attached to an aromatic ring is 1. The fourth-order valence-corrected chi connectivity index (χ4v) is 6.81. The van der Waals surface area contributed by atoms with Crippen LogP contribution in [0.3, 0.4) is 0 Å². The van der Waals surface area contributed by atoms with Crippen molar-refractivity contribution < 1.29 is 141 Å². The number of nitrogens with one attached hydrogen (secondary N) is 2. The Morgan fingerprint density at radius 3 is 1.24 bits per heavy atom. The predicted octanol–water partition coefficient (Wildman–Crippen LogP) is 11.1. The van der Waals surface area contributed by atoms with Crippen LogP contribution in [-0.2, 0) is 15.4 Å². The lowest BCUT2D eigenvalue weighted by atomic mass is 10.2. The molecular formula is C72H62AlClN17O16S. The van der Waals surface area contributed by atoms with Crippen LogP contribution in [0.4, 0.5) is 28.4 Å². The van der Waals surface area contributed by atoms with Gasteiger partial charge in [0.2, 0.25) is 5.39 Å². The minimum atomic E-state index is -4.67. The molecule has 16 rings (SSSR count). The molecule has 0 aliphatic heterocycles. The largest absolute Gasteiger partial charge is 1.00 e. The molecule has 0 unspecified atom stereocenters. The normalized spacial score (nSPS) is 16.2. The number of fused-ring (bicyclic) bond motifs is 8. The van der Waals surface area contributed by atoms with Crippen LogP contribution in [0, 0.1) is 35.7 Å². The number of nitrogens with zero attached hydrogens (tertiary/aromatic N) is 13. The molecule has 0 bridgehead atoms. The first-order valence-corrected chi connectivity index (χ1v) is 28.6. The van der Waals surface area contributed by atoms with E-state index in [9.17, 15) is 35.4 Å². The number of nitro groups is 3. The average Bonchev–Trinajstić information content (AvgIpc) is 0.741. The molecule has 547 valence electrons. The Bertz CT molecular complexity index is 8320. The zero-order valence-corrected chi connectivity index (χ0v) is 55.2. The van der Waals surface area contributed by atoms with E-state index in [4.69, 9.17) is 115 Å². The monoisotopic (exact) mass is 1560 g/mol. The van der Waals surface area contributed by atoms with Gasteiger partial charge in [0.25, 0.3) is 17.1 Å². The van der Waals surface area contributed by atoms with Crippen molar-refractivity contribution >= 4 is 143 Å². The van der Waals surface area contributed by atoms with Gasteiger partial charge in [-0.15, -0.1) is 10.6 Å². The Labute approximate surface area is 695 Å². The molecule has 8 heterocycles. The number of aromatic nitrogens is 8. The van der Waals surface area contributed by atoms with E-state index in [-0.39, 0.29) is 149 Å². The molecular weight excluding hydrogens is 1450 g/mol. The Kier molecular flexibility index (Phi) is 16.0. The summed E-state index contributed by atoms with van der Waals surface area (Å²) in [6, 6.07) is -20.7. The number of nitrogens with two attached hydrogens (primary N) is 2. The van der Waals surface area contributed by atoms with E-state index in [0.717, 1.165) is 22.3 Å². The summed E-state index contributed by atoms with van der Waals surface area (Å²) in [6.07, 6.45) is -4.20. The highest BCUT2D eigenvalue weighted by Gasteiger charge is 2.14. The first-order valence-electron chi connectivity index (χ1n) is 51.1. The molecule has 33 nitrogen and oxygen atoms in total. The topological polar surface area (TPSA) is 511 Å². The molecule has 0 atom stereocenters. The zero-order chi connectivity index (χ0) is 120. The highest BCUT2D eigenvalue weighted by atomic mass is 35.5. The number of hydrogen-bond donors (Lipinski definition) is 10. The van der Waals surface area contributed by atoms with E-state index in [1.165, 1.54) is 5.59 Å². The van der Waals surface area contributed by atoms with E-state index >= 15 is 0 Å². The summed E-state index contributed by atoms with van der Waals surface area (Å²) in [7, 11) is -4.67. The lowest BCUT2D eigenvalue weighted by Crippen LogP contribution is -3.00. The molecule has 8 aromatic heterocycles. The molecule has 8 aromatic carbocycles. The number of aromatic hydroxyl groups is 1. The van der Waals surface area contributed by atoms with Crippen molar-refractivity contribution in [3.8, 4) is 11.5 Å². The first-order chi connectivity index (χ1) is 72.0. The smallest absolute Gasteiger partial charge is 0.494 e. The summed E-state index contributed by atoms with van der Waals surface area (Å²) in [5.74, 6) is 3.48. The number of anilines is 1. The third-order valence-corrected chi connectivity index (χ3v) is 10.9. The van der Waals surface area contributed by atoms with Gasteiger partial charge in [-0.1, -0.05) is 139 Å². The number of nitro benzene ring substituents is 3. The van der Waals surface area contributed by atoms with Gasteiger partial charge in [0.15, 0.2) is 10.5 Å². The van der Waals surface area contributed by atoms with Gasteiger partial charge in [-0.2, -0.15) is 8.42 Å². The number of diazo groups is 1. The van der Waals surface area contributed by atoms with E-state index < -0.39 is 313 Å². The average molecular weight is 1570 g/mol. The number of para-hydroxylation sites is 7. The molecule has 12 N–H and O–H groups in total. The van der Waals surface area contributed by atoms with Crippen LogP contribution in [0.5, 0.6) is 11.5 Å². The minimum absolute atomic E-state index is 0. The Morgan fingerprint density at radius 1 is 0.444 bits per heavy atom. The number of pyridine rings is 8. The van der Waals surface area contributed by atoms with Gasteiger partial charge in [0.1, 0.15) is 33.6 Å². The predicted molar refractivity (Wildman–Crippen MR) is 404 cm³/mol. The van der Waals surface area contributed by atoms with Crippen molar-refractivity contribution in [3.05, 3.63) is 332 Å². The number of hydrogen-bond acceptors (Lipinski definition) is 27. The van der Waals surface area contributed by atoms with E-state index in [2.05, 4.69) is 55.7 Å². The maximum absolute atomic E-state index is 11.0. The number of benzene rings is 8. The quantitative estimate of drug-likeness (QED) is 0.0112. The molecule has 16 aromatic rings. The Balaban J connectivity index is 0.000000309.